The lowest BCUT2D eigenvalue weighted by Crippen LogP contribution is -2.52. The molecule has 164 valence electrons. The minimum atomic E-state index is -0.683. The Kier molecular flexibility index (Phi) is 6.17. The number of imide groups is 1. The zero-order valence-corrected chi connectivity index (χ0v) is 18.8. The van der Waals surface area contributed by atoms with Crippen LogP contribution < -0.4 is 0 Å². The summed E-state index contributed by atoms with van der Waals surface area (Å²) in [4.78, 5) is 52.8. The Balaban J connectivity index is 1.71. The first-order chi connectivity index (χ1) is 15.3. The van der Waals surface area contributed by atoms with Gasteiger partial charge in [0.1, 0.15) is 6.54 Å². The van der Waals surface area contributed by atoms with Crippen molar-refractivity contribution in [2.45, 2.75) is 19.8 Å². The molecule has 0 spiro atoms. The van der Waals surface area contributed by atoms with Gasteiger partial charge in [-0.1, -0.05) is 65.2 Å². The summed E-state index contributed by atoms with van der Waals surface area (Å²) in [6.45, 7) is 1.45. The molecule has 1 saturated heterocycles. The van der Waals surface area contributed by atoms with E-state index < -0.39 is 41.9 Å². The lowest BCUT2D eigenvalue weighted by atomic mass is 9.82. The smallest absolute Gasteiger partial charge is 0.273 e. The van der Waals surface area contributed by atoms with Crippen LogP contribution in [0, 0.1) is 11.8 Å². The van der Waals surface area contributed by atoms with E-state index in [4.69, 9.17) is 23.2 Å². The molecule has 8 heteroatoms. The van der Waals surface area contributed by atoms with E-state index in [0.717, 1.165) is 15.6 Å². The second kappa shape index (κ2) is 8.88. The van der Waals surface area contributed by atoms with E-state index >= 15 is 0 Å². The Hall–Kier alpha value is -2.96. The van der Waals surface area contributed by atoms with E-state index in [-0.39, 0.29) is 15.6 Å². The molecular formula is C24H20Cl2N2O4. The van der Waals surface area contributed by atoms with Crippen LogP contribution >= 0.6 is 23.2 Å². The molecule has 32 heavy (non-hydrogen) atoms. The molecule has 0 radical (unpaired) electrons. The Morgan fingerprint density at radius 1 is 0.969 bits per heavy atom. The van der Waals surface area contributed by atoms with Gasteiger partial charge in [-0.2, -0.15) is 5.01 Å². The Labute approximate surface area is 195 Å². The van der Waals surface area contributed by atoms with Crippen LogP contribution in [0.5, 0.6) is 0 Å². The number of benzene rings is 2. The van der Waals surface area contributed by atoms with E-state index in [1.807, 2.05) is 13.0 Å². The number of ketones is 1. The molecule has 0 aromatic heterocycles. The number of Topliss-reactive ketones (excluding diaryl/α,β-unsaturated/α-hetero) is 1. The van der Waals surface area contributed by atoms with Gasteiger partial charge >= 0.3 is 0 Å². The van der Waals surface area contributed by atoms with Crippen LogP contribution in [0.2, 0.25) is 10.0 Å². The number of hydrazine groups is 1. The average Bonchev–Trinajstić information content (AvgIpc) is 3.03. The molecule has 0 bridgehead atoms. The monoisotopic (exact) mass is 470 g/mol. The summed E-state index contributed by atoms with van der Waals surface area (Å²) in [7, 11) is 0. The van der Waals surface area contributed by atoms with E-state index in [0.29, 0.717) is 18.4 Å². The highest BCUT2D eigenvalue weighted by molar-refractivity contribution is 6.42. The van der Waals surface area contributed by atoms with Gasteiger partial charge in [0.15, 0.2) is 5.78 Å². The maximum absolute atomic E-state index is 13.4. The summed E-state index contributed by atoms with van der Waals surface area (Å²) in [5.41, 5.74) is 1.51. The van der Waals surface area contributed by atoms with Crippen LogP contribution in [0.15, 0.2) is 60.2 Å². The van der Waals surface area contributed by atoms with Crippen LogP contribution in [0.1, 0.15) is 40.5 Å². The molecule has 1 fully saturated rings. The Morgan fingerprint density at radius 2 is 1.66 bits per heavy atom. The quantitative estimate of drug-likeness (QED) is 0.364. The van der Waals surface area contributed by atoms with Gasteiger partial charge in [0.2, 0.25) is 0 Å². The Morgan fingerprint density at radius 3 is 2.34 bits per heavy atom. The van der Waals surface area contributed by atoms with Crippen molar-refractivity contribution in [3.63, 3.8) is 0 Å². The molecule has 4 rings (SSSR count). The minimum Gasteiger partial charge on any atom is -0.292 e. The van der Waals surface area contributed by atoms with Crippen molar-refractivity contribution in [2.24, 2.45) is 11.8 Å². The molecule has 3 amide bonds. The van der Waals surface area contributed by atoms with Gasteiger partial charge in [0.05, 0.1) is 21.9 Å². The molecule has 1 aliphatic carbocycles. The van der Waals surface area contributed by atoms with Crippen molar-refractivity contribution >= 4 is 46.7 Å². The number of carbonyl (C=O) groups is 4. The second-order valence-electron chi connectivity index (χ2n) is 7.97. The Bertz CT molecular complexity index is 1150. The molecule has 1 aliphatic heterocycles. The molecule has 0 N–H and O–H groups in total. The first-order valence-electron chi connectivity index (χ1n) is 10.2. The third-order valence-electron chi connectivity index (χ3n) is 5.83. The van der Waals surface area contributed by atoms with Crippen LogP contribution in [0.3, 0.4) is 0 Å². The van der Waals surface area contributed by atoms with Gasteiger partial charge in [-0.15, -0.1) is 0 Å². The molecule has 2 aliphatic rings. The van der Waals surface area contributed by atoms with E-state index in [1.165, 1.54) is 18.2 Å². The third-order valence-corrected chi connectivity index (χ3v) is 6.57. The number of carbonyl (C=O) groups excluding carboxylic acids is 4. The first-order valence-corrected chi connectivity index (χ1v) is 10.9. The number of rotatable bonds is 5. The predicted octanol–water partition coefficient (Wildman–Crippen LogP) is 4.57. The lowest BCUT2D eigenvalue weighted by Gasteiger charge is -2.30. The van der Waals surface area contributed by atoms with Crippen LogP contribution in [-0.2, 0) is 9.59 Å². The highest BCUT2D eigenvalue weighted by Crippen LogP contribution is 2.38. The lowest BCUT2D eigenvalue weighted by molar-refractivity contribution is -0.154. The number of hydrogen-bond acceptors (Lipinski definition) is 4. The van der Waals surface area contributed by atoms with Crippen molar-refractivity contribution in [1.29, 1.82) is 0 Å². The third kappa shape index (κ3) is 4.08. The standard InChI is InChI=1S/C24H20Cl2N2O4/c1-14-7-9-17-18(11-14)24(32)28(23(17)31)27(13-21(29)15-5-3-2-4-6-15)22(30)16-8-10-19(25)20(26)12-16/h2-8,10,12,17-18H,9,11,13H2,1H3/t17-,18-/m1/s1. The van der Waals surface area contributed by atoms with Crippen LogP contribution in [0.4, 0.5) is 0 Å². The average molecular weight is 471 g/mol. The molecule has 1 heterocycles. The molecular weight excluding hydrogens is 451 g/mol. The first kappa shape index (κ1) is 22.2. The highest BCUT2D eigenvalue weighted by atomic mass is 35.5. The topological polar surface area (TPSA) is 74.8 Å². The fourth-order valence-electron chi connectivity index (χ4n) is 4.12. The van der Waals surface area contributed by atoms with Gasteiger partial charge < -0.3 is 0 Å². The fraction of sp³-hybridized carbons (Fsp3) is 0.250. The van der Waals surface area contributed by atoms with Crippen molar-refractivity contribution in [1.82, 2.24) is 10.0 Å². The van der Waals surface area contributed by atoms with E-state index in [2.05, 4.69) is 0 Å². The number of nitrogens with zero attached hydrogens (tertiary/aromatic N) is 2. The van der Waals surface area contributed by atoms with Gasteiger partial charge in [-0.3, -0.25) is 19.2 Å². The van der Waals surface area contributed by atoms with Gasteiger partial charge in [-0.05, 0) is 38.0 Å². The van der Waals surface area contributed by atoms with Crippen molar-refractivity contribution in [3.05, 3.63) is 81.4 Å². The number of allylic oxidation sites excluding steroid dienone is 2. The summed E-state index contributed by atoms with van der Waals surface area (Å²) in [6.07, 6.45) is 2.82. The molecule has 0 unspecified atom stereocenters. The molecule has 2 aromatic rings. The van der Waals surface area contributed by atoms with E-state index in [9.17, 15) is 19.2 Å². The number of halogens is 2. The molecule has 0 saturated carbocycles. The van der Waals surface area contributed by atoms with Crippen molar-refractivity contribution in [2.75, 3.05) is 6.54 Å². The summed E-state index contributed by atoms with van der Waals surface area (Å²) in [5.74, 6) is -3.10. The molecule has 6 nitrogen and oxygen atoms in total. The second-order valence-corrected chi connectivity index (χ2v) is 8.79. The number of fused-ring (bicyclic) bond motifs is 1. The van der Waals surface area contributed by atoms with Gasteiger partial charge in [0.25, 0.3) is 17.7 Å². The maximum Gasteiger partial charge on any atom is 0.273 e. The van der Waals surface area contributed by atoms with Gasteiger partial charge in [-0.25, -0.2) is 5.01 Å². The van der Waals surface area contributed by atoms with Gasteiger partial charge in [0, 0.05) is 11.1 Å². The number of hydrogen-bond donors (Lipinski definition) is 0. The largest absolute Gasteiger partial charge is 0.292 e. The minimum absolute atomic E-state index is 0.116. The zero-order valence-electron chi connectivity index (χ0n) is 17.3. The molecule has 2 aromatic carbocycles. The summed E-state index contributed by atoms with van der Waals surface area (Å²) >= 11 is 12.0. The summed E-state index contributed by atoms with van der Waals surface area (Å²) < 4.78 is 0. The zero-order chi connectivity index (χ0) is 23.0. The fourth-order valence-corrected chi connectivity index (χ4v) is 4.42. The van der Waals surface area contributed by atoms with Crippen LogP contribution in [0.25, 0.3) is 0 Å². The van der Waals surface area contributed by atoms with Crippen molar-refractivity contribution < 1.29 is 19.2 Å². The normalized spacial score (nSPS) is 20.1. The molecule has 2 atom stereocenters. The van der Waals surface area contributed by atoms with Crippen molar-refractivity contribution in [3.8, 4) is 0 Å². The summed E-state index contributed by atoms with van der Waals surface area (Å²) in [6, 6.07) is 12.7. The summed E-state index contributed by atoms with van der Waals surface area (Å²) in [5, 5.41) is 2.20. The SMILES string of the molecule is CC1=CC[C@H]2C(=O)N(N(CC(=O)c3ccccc3)C(=O)c3ccc(Cl)c(Cl)c3)C(=O)[C@@H]2C1. The highest BCUT2D eigenvalue weighted by Gasteiger charge is 2.51. The van der Waals surface area contributed by atoms with E-state index in [1.54, 1.807) is 30.3 Å². The maximum atomic E-state index is 13.4. The van der Waals surface area contributed by atoms with Crippen LogP contribution in [-0.4, -0.2) is 40.1 Å². The number of amides is 3. The predicted molar refractivity (Wildman–Crippen MR) is 120 cm³/mol.